The van der Waals surface area contributed by atoms with Gasteiger partial charge in [-0.25, -0.2) is 8.42 Å². The Labute approximate surface area is 170 Å². The number of likely N-dealkylation sites (N-methyl/N-ethyl adjacent to an activating group) is 1. The van der Waals surface area contributed by atoms with Gasteiger partial charge in [0.25, 0.3) is 5.91 Å². The van der Waals surface area contributed by atoms with E-state index >= 15 is 0 Å². The lowest BCUT2D eigenvalue weighted by molar-refractivity contribution is -0.127. The van der Waals surface area contributed by atoms with Crippen molar-refractivity contribution in [2.24, 2.45) is 0 Å². The SMILES string of the molecule is CN(C(=O)/C=C/C(=O)N1CCN(S(=O)(=O)c2ccccc2)CC1)c1ccccc1. The molecule has 3 rings (SSSR count). The number of piperazine rings is 1. The summed E-state index contributed by atoms with van der Waals surface area (Å²) in [5, 5.41) is 0. The number of carbonyl (C=O) groups is 2. The van der Waals surface area contributed by atoms with Crippen LogP contribution in [-0.4, -0.2) is 62.7 Å². The molecule has 0 radical (unpaired) electrons. The average molecular weight is 413 g/mol. The molecular weight excluding hydrogens is 390 g/mol. The second kappa shape index (κ2) is 9.02. The monoisotopic (exact) mass is 413 g/mol. The molecule has 152 valence electrons. The molecule has 0 aromatic heterocycles. The van der Waals surface area contributed by atoms with Gasteiger partial charge in [0, 0.05) is 51.1 Å². The molecule has 1 saturated heterocycles. The van der Waals surface area contributed by atoms with Crippen LogP contribution in [0.3, 0.4) is 0 Å². The molecule has 0 unspecified atom stereocenters. The van der Waals surface area contributed by atoms with Gasteiger partial charge in [0.05, 0.1) is 4.90 Å². The summed E-state index contributed by atoms with van der Waals surface area (Å²) in [6.07, 6.45) is 2.48. The van der Waals surface area contributed by atoms with Gasteiger partial charge in [0.1, 0.15) is 0 Å². The number of benzene rings is 2. The first-order chi connectivity index (χ1) is 13.9. The number of sulfonamides is 1. The number of rotatable bonds is 5. The lowest BCUT2D eigenvalue weighted by atomic mass is 10.3. The fraction of sp³-hybridized carbons (Fsp3) is 0.238. The van der Waals surface area contributed by atoms with Gasteiger partial charge < -0.3 is 9.80 Å². The number of amides is 2. The Hall–Kier alpha value is -2.97. The van der Waals surface area contributed by atoms with Crippen LogP contribution in [0.15, 0.2) is 77.7 Å². The summed E-state index contributed by atoms with van der Waals surface area (Å²) in [7, 11) is -1.92. The Morgan fingerprint density at radius 3 is 2.00 bits per heavy atom. The fourth-order valence-corrected chi connectivity index (χ4v) is 4.47. The molecule has 2 amide bonds. The van der Waals surface area contributed by atoms with Gasteiger partial charge in [0.15, 0.2) is 0 Å². The van der Waals surface area contributed by atoms with Gasteiger partial charge >= 0.3 is 0 Å². The maximum atomic E-state index is 12.6. The predicted octanol–water partition coefficient (Wildman–Crippen LogP) is 1.74. The van der Waals surface area contributed by atoms with Crippen molar-refractivity contribution in [3.63, 3.8) is 0 Å². The van der Waals surface area contributed by atoms with Crippen LogP contribution in [0, 0.1) is 0 Å². The first-order valence-electron chi connectivity index (χ1n) is 9.24. The Morgan fingerprint density at radius 1 is 0.862 bits per heavy atom. The highest BCUT2D eigenvalue weighted by Crippen LogP contribution is 2.17. The zero-order chi connectivity index (χ0) is 20.9. The molecular formula is C21H23N3O4S. The van der Waals surface area contributed by atoms with Crippen LogP contribution >= 0.6 is 0 Å². The second-order valence-corrected chi connectivity index (χ2v) is 8.55. The molecule has 8 heteroatoms. The number of anilines is 1. The topological polar surface area (TPSA) is 78.0 Å². The van der Waals surface area contributed by atoms with Gasteiger partial charge in [0.2, 0.25) is 15.9 Å². The summed E-state index contributed by atoms with van der Waals surface area (Å²) in [5.74, 6) is -0.619. The van der Waals surface area contributed by atoms with Crippen LogP contribution in [0.5, 0.6) is 0 Å². The molecule has 2 aromatic carbocycles. The van der Waals surface area contributed by atoms with E-state index in [1.807, 2.05) is 18.2 Å². The smallest absolute Gasteiger partial charge is 0.250 e. The Balaban J connectivity index is 1.56. The Bertz CT molecular complexity index is 983. The van der Waals surface area contributed by atoms with E-state index in [1.165, 1.54) is 21.4 Å². The van der Waals surface area contributed by atoms with E-state index in [0.29, 0.717) is 0 Å². The van der Waals surface area contributed by atoms with Crippen molar-refractivity contribution in [2.75, 3.05) is 38.1 Å². The fourth-order valence-electron chi connectivity index (χ4n) is 3.03. The number of hydrogen-bond acceptors (Lipinski definition) is 4. The maximum absolute atomic E-state index is 12.6. The molecule has 1 aliphatic rings. The van der Waals surface area contributed by atoms with Gasteiger partial charge in [-0.1, -0.05) is 36.4 Å². The number of nitrogens with zero attached hydrogens (tertiary/aromatic N) is 3. The predicted molar refractivity (Wildman–Crippen MR) is 111 cm³/mol. The van der Waals surface area contributed by atoms with Gasteiger partial charge in [-0.05, 0) is 24.3 Å². The molecule has 0 bridgehead atoms. The van der Waals surface area contributed by atoms with Gasteiger partial charge in [-0.2, -0.15) is 4.31 Å². The largest absolute Gasteiger partial charge is 0.337 e. The molecule has 1 fully saturated rings. The van der Waals surface area contributed by atoms with Crippen LogP contribution in [0.4, 0.5) is 5.69 Å². The normalized spacial score (nSPS) is 15.4. The van der Waals surface area contributed by atoms with Gasteiger partial charge in [-0.3, -0.25) is 9.59 Å². The minimum atomic E-state index is -3.56. The van der Waals surface area contributed by atoms with Crippen molar-refractivity contribution in [3.05, 3.63) is 72.8 Å². The molecule has 1 aliphatic heterocycles. The third-order valence-electron chi connectivity index (χ3n) is 4.77. The van der Waals surface area contributed by atoms with Crippen molar-refractivity contribution < 1.29 is 18.0 Å². The second-order valence-electron chi connectivity index (χ2n) is 6.61. The molecule has 0 aliphatic carbocycles. The molecule has 7 nitrogen and oxygen atoms in total. The van der Waals surface area contributed by atoms with Crippen LogP contribution in [0.2, 0.25) is 0 Å². The van der Waals surface area contributed by atoms with E-state index < -0.39 is 10.0 Å². The van der Waals surface area contributed by atoms with Crippen LogP contribution < -0.4 is 4.90 Å². The highest BCUT2D eigenvalue weighted by Gasteiger charge is 2.29. The summed E-state index contributed by atoms with van der Waals surface area (Å²) >= 11 is 0. The molecule has 0 atom stereocenters. The zero-order valence-electron chi connectivity index (χ0n) is 16.1. The molecule has 0 N–H and O–H groups in total. The summed E-state index contributed by atoms with van der Waals surface area (Å²) in [5.41, 5.74) is 0.731. The summed E-state index contributed by atoms with van der Waals surface area (Å²) in [6, 6.07) is 17.4. The molecule has 2 aromatic rings. The third kappa shape index (κ3) is 4.90. The summed E-state index contributed by atoms with van der Waals surface area (Å²) in [4.78, 5) is 27.9. The minimum absolute atomic E-state index is 0.217. The number of hydrogen-bond donors (Lipinski definition) is 0. The van der Waals surface area contributed by atoms with Crippen molar-refractivity contribution in [1.29, 1.82) is 0 Å². The Kier molecular flexibility index (Phi) is 6.46. The van der Waals surface area contributed by atoms with Crippen LogP contribution in [0.25, 0.3) is 0 Å². The molecule has 0 spiro atoms. The van der Waals surface area contributed by atoms with E-state index in [4.69, 9.17) is 0 Å². The highest BCUT2D eigenvalue weighted by molar-refractivity contribution is 7.89. The first-order valence-corrected chi connectivity index (χ1v) is 10.7. The Morgan fingerprint density at radius 2 is 1.41 bits per heavy atom. The van der Waals surface area contributed by atoms with E-state index in [2.05, 4.69) is 0 Å². The van der Waals surface area contributed by atoms with Gasteiger partial charge in [-0.15, -0.1) is 0 Å². The van der Waals surface area contributed by atoms with Crippen LogP contribution in [-0.2, 0) is 19.6 Å². The van der Waals surface area contributed by atoms with E-state index in [1.54, 1.807) is 54.4 Å². The highest BCUT2D eigenvalue weighted by atomic mass is 32.2. The maximum Gasteiger partial charge on any atom is 0.250 e. The molecule has 1 heterocycles. The van der Waals surface area contributed by atoms with Crippen LogP contribution in [0.1, 0.15) is 0 Å². The summed E-state index contributed by atoms with van der Waals surface area (Å²) < 4.78 is 26.7. The lowest BCUT2D eigenvalue weighted by Crippen LogP contribution is -2.50. The number of para-hydroxylation sites is 1. The van der Waals surface area contributed by atoms with Crippen molar-refractivity contribution in [1.82, 2.24) is 9.21 Å². The quantitative estimate of drug-likeness (QED) is 0.700. The van der Waals surface area contributed by atoms with E-state index in [-0.39, 0.29) is 42.9 Å². The average Bonchev–Trinajstić information content (AvgIpc) is 2.78. The third-order valence-corrected chi connectivity index (χ3v) is 6.69. The molecule has 0 saturated carbocycles. The number of carbonyl (C=O) groups excluding carboxylic acids is 2. The zero-order valence-corrected chi connectivity index (χ0v) is 17.0. The van der Waals surface area contributed by atoms with Crippen molar-refractivity contribution in [3.8, 4) is 0 Å². The lowest BCUT2D eigenvalue weighted by Gasteiger charge is -2.33. The first kappa shape index (κ1) is 20.8. The van der Waals surface area contributed by atoms with Crippen molar-refractivity contribution in [2.45, 2.75) is 4.90 Å². The standard InChI is InChI=1S/C21H23N3O4S/c1-22(18-8-4-2-5-9-18)20(25)12-13-21(26)23-14-16-24(17-15-23)29(27,28)19-10-6-3-7-11-19/h2-13H,14-17H2,1H3/b13-12+. The van der Waals surface area contributed by atoms with E-state index in [9.17, 15) is 18.0 Å². The van der Waals surface area contributed by atoms with Crippen molar-refractivity contribution >= 4 is 27.5 Å². The molecule has 29 heavy (non-hydrogen) atoms. The minimum Gasteiger partial charge on any atom is -0.337 e. The summed E-state index contributed by atoms with van der Waals surface area (Å²) in [6.45, 7) is 0.985. The van der Waals surface area contributed by atoms with E-state index in [0.717, 1.165) is 5.69 Å².